The van der Waals surface area contributed by atoms with Gasteiger partial charge in [-0.05, 0) is 35.9 Å². The smallest absolute Gasteiger partial charge is 0.266 e. The number of carbonyl (C=O) groups excluding carboxylic acids is 1. The SMILES string of the molecule is COc1cc(OC[C@@H]2CN(S(=O)(=O)c3c(C(N)=O)[nH]c4ccc(Cl)cc34)CCO2)ccc1-c1ccccc1. The number of amides is 1. The number of halogens is 1. The van der Waals surface area contributed by atoms with Crippen LogP contribution in [-0.2, 0) is 14.8 Å². The number of ether oxygens (including phenoxy) is 3. The number of rotatable bonds is 8. The van der Waals surface area contributed by atoms with Gasteiger partial charge in [-0.3, -0.25) is 4.79 Å². The normalized spacial score (nSPS) is 16.4. The number of nitrogens with two attached hydrogens (primary N) is 1. The number of fused-ring (bicyclic) bond motifs is 1. The van der Waals surface area contributed by atoms with Gasteiger partial charge in [0.1, 0.15) is 34.8 Å². The molecule has 1 saturated heterocycles. The molecule has 1 fully saturated rings. The van der Waals surface area contributed by atoms with Gasteiger partial charge >= 0.3 is 0 Å². The van der Waals surface area contributed by atoms with Gasteiger partial charge in [0, 0.05) is 40.6 Å². The maximum absolute atomic E-state index is 13.7. The van der Waals surface area contributed by atoms with E-state index in [1.54, 1.807) is 25.3 Å². The van der Waals surface area contributed by atoms with Crippen LogP contribution in [0.5, 0.6) is 11.5 Å². The van der Waals surface area contributed by atoms with E-state index >= 15 is 0 Å². The fourth-order valence-electron chi connectivity index (χ4n) is 4.53. The molecular formula is C27H26ClN3O6S. The molecule has 1 amide bonds. The van der Waals surface area contributed by atoms with Gasteiger partial charge in [0.25, 0.3) is 5.91 Å². The number of H-pyrrole nitrogens is 1. The van der Waals surface area contributed by atoms with Crippen molar-refractivity contribution in [3.8, 4) is 22.6 Å². The molecule has 1 aliphatic rings. The molecule has 0 bridgehead atoms. The number of benzene rings is 3. The summed E-state index contributed by atoms with van der Waals surface area (Å²) in [4.78, 5) is 14.7. The topological polar surface area (TPSA) is 124 Å². The molecule has 11 heteroatoms. The molecule has 0 spiro atoms. The lowest BCUT2D eigenvalue weighted by molar-refractivity contribution is -0.0249. The summed E-state index contributed by atoms with van der Waals surface area (Å²) in [5.41, 5.74) is 7.71. The van der Waals surface area contributed by atoms with Crippen molar-refractivity contribution >= 4 is 38.4 Å². The minimum absolute atomic E-state index is 0.0347. The Hall–Kier alpha value is -3.57. The Bertz CT molecular complexity index is 1590. The minimum atomic E-state index is -4.11. The van der Waals surface area contributed by atoms with E-state index in [-0.39, 0.29) is 36.9 Å². The predicted octanol–water partition coefficient (Wildman–Crippen LogP) is 4.06. The molecular weight excluding hydrogens is 530 g/mol. The zero-order chi connectivity index (χ0) is 26.9. The highest BCUT2D eigenvalue weighted by molar-refractivity contribution is 7.89. The fourth-order valence-corrected chi connectivity index (χ4v) is 6.49. The lowest BCUT2D eigenvalue weighted by Crippen LogP contribution is -2.47. The fraction of sp³-hybridized carbons (Fsp3) is 0.222. The van der Waals surface area contributed by atoms with E-state index in [2.05, 4.69) is 4.98 Å². The van der Waals surface area contributed by atoms with Crippen molar-refractivity contribution in [2.24, 2.45) is 5.73 Å². The average Bonchev–Trinajstić information content (AvgIpc) is 3.32. The Morgan fingerprint density at radius 3 is 2.68 bits per heavy atom. The monoisotopic (exact) mass is 555 g/mol. The molecule has 5 rings (SSSR count). The van der Waals surface area contributed by atoms with Gasteiger partial charge in [0.2, 0.25) is 10.0 Å². The van der Waals surface area contributed by atoms with Crippen LogP contribution in [0.2, 0.25) is 5.02 Å². The molecule has 38 heavy (non-hydrogen) atoms. The van der Waals surface area contributed by atoms with Crippen molar-refractivity contribution in [3.05, 3.63) is 77.4 Å². The van der Waals surface area contributed by atoms with E-state index in [4.69, 9.17) is 31.5 Å². The maximum Gasteiger partial charge on any atom is 0.266 e. The molecule has 0 saturated carbocycles. The first-order chi connectivity index (χ1) is 18.3. The van der Waals surface area contributed by atoms with Crippen LogP contribution in [0.25, 0.3) is 22.0 Å². The summed E-state index contributed by atoms with van der Waals surface area (Å²) in [6.45, 7) is 0.428. The lowest BCUT2D eigenvalue weighted by Gasteiger charge is -2.32. The molecule has 198 valence electrons. The summed E-state index contributed by atoms with van der Waals surface area (Å²) in [6.07, 6.45) is -0.538. The summed E-state index contributed by atoms with van der Waals surface area (Å²) in [7, 11) is -2.52. The molecule has 1 aromatic heterocycles. The summed E-state index contributed by atoms with van der Waals surface area (Å²) >= 11 is 6.12. The van der Waals surface area contributed by atoms with Crippen molar-refractivity contribution < 1.29 is 27.4 Å². The third kappa shape index (κ3) is 5.08. The zero-order valence-electron chi connectivity index (χ0n) is 20.5. The predicted molar refractivity (Wildman–Crippen MR) is 144 cm³/mol. The Kier molecular flexibility index (Phi) is 7.31. The van der Waals surface area contributed by atoms with Crippen molar-refractivity contribution in [1.82, 2.24) is 9.29 Å². The zero-order valence-corrected chi connectivity index (χ0v) is 22.1. The van der Waals surface area contributed by atoms with E-state index < -0.39 is 22.0 Å². The molecule has 3 aromatic carbocycles. The number of aromatic amines is 1. The number of carbonyl (C=O) groups is 1. The second-order valence-electron chi connectivity index (χ2n) is 8.78. The van der Waals surface area contributed by atoms with Crippen LogP contribution >= 0.6 is 11.6 Å². The molecule has 1 aliphatic heterocycles. The number of primary amides is 1. The van der Waals surface area contributed by atoms with Gasteiger partial charge in [0.05, 0.1) is 13.7 Å². The highest BCUT2D eigenvalue weighted by Gasteiger charge is 2.36. The largest absolute Gasteiger partial charge is 0.496 e. The van der Waals surface area contributed by atoms with E-state index in [0.29, 0.717) is 27.4 Å². The highest BCUT2D eigenvalue weighted by Crippen LogP contribution is 2.34. The van der Waals surface area contributed by atoms with Crippen LogP contribution < -0.4 is 15.2 Å². The van der Waals surface area contributed by atoms with Crippen LogP contribution in [0.15, 0.2) is 71.6 Å². The van der Waals surface area contributed by atoms with Crippen molar-refractivity contribution in [3.63, 3.8) is 0 Å². The third-order valence-electron chi connectivity index (χ3n) is 6.35. The van der Waals surface area contributed by atoms with Gasteiger partial charge in [-0.1, -0.05) is 41.9 Å². The Balaban J connectivity index is 1.34. The van der Waals surface area contributed by atoms with Crippen molar-refractivity contribution in [2.75, 3.05) is 33.4 Å². The Labute approximate surface area is 225 Å². The Morgan fingerprint density at radius 1 is 1.16 bits per heavy atom. The number of sulfonamides is 1. The highest BCUT2D eigenvalue weighted by atomic mass is 35.5. The van der Waals surface area contributed by atoms with E-state index in [0.717, 1.165) is 11.1 Å². The third-order valence-corrected chi connectivity index (χ3v) is 8.54. The molecule has 0 unspecified atom stereocenters. The van der Waals surface area contributed by atoms with Gasteiger partial charge in [-0.2, -0.15) is 4.31 Å². The average molecular weight is 556 g/mol. The first kappa shape index (κ1) is 26.1. The number of hydrogen-bond donors (Lipinski definition) is 2. The van der Waals surface area contributed by atoms with Gasteiger partial charge in [0.15, 0.2) is 0 Å². The van der Waals surface area contributed by atoms with E-state index in [1.165, 1.54) is 10.4 Å². The first-order valence-electron chi connectivity index (χ1n) is 11.9. The Morgan fingerprint density at radius 2 is 1.95 bits per heavy atom. The summed E-state index contributed by atoms with van der Waals surface area (Å²) < 4.78 is 46.0. The number of nitrogens with zero attached hydrogens (tertiary/aromatic N) is 1. The summed E-state index contributed by atoms with van der Waals surface area (Å²) in [5.74, 6) is 0.337. The summed E-state index contributed by atoms with van der Waals surface area (Å²) in [6, 6.07) is 20.1. The molecule has 1 atom stereocenters. The van der Waals surface area contributed by atoms with Crippen LogP contribution in [0.4, 0.5) is 0 Å². The van der Waals surface area contributed by atoms with Crippen LogP contribution in [-0.4, -0.2) is 63.1 Å². The number of hydrogen-bond acceptors (Lipinski definition) is 6. The molecule has 3 N–H and O–H groups in total. The van der Waals surface area contributed by atoms with E-state index in [9.17, 15) is 13.2 Å². The van der Waals surface area contributed by atoms with Gasteiger partial charge < -0.3 is 24.9 Å². The van der Waals surface area contributed by atoms with Gasteiger partial charge in [-0.15, -0.1) is 0 Å². The molecule has 2 heterocycles. The second-order valence-corrected chi connectivity index (χ2v) is 11.1. The molecule has 0 radical (unpaired) electrons. The lowest BCUT2D eigenvalue weighted by atomic mass is 10.0. The summed E-state index contributed by atoms with van der Waals surface area (Å²) in [5, 5.41) is 0.641. The number of methoxy groups -OCH3 is 1. The standard InChI is InChI=1S/C27H26ClN3O6S/c1-35-24-14-19(8-9-21(24)17-5-3-2-4-6-17)37-16-20-15-31(11-12-36-20)38(33,34)26-22-13-18(28)7-10-23(22)30-25(26)27(29)32/h2-10,13-14,20,30H,11-12,15-16H2,1H3,(H2,29,32)/t20-/m0/s1. The van der Waals surface area contributed by atoms with E-state index in [1.807, 2.05) is 42.5 Å². The van der Waals surface area contributed by atoms with Crippen LogP contribution in [0, 0.1) is 0 Å². The van der Waals surface area contributed by atoms with Crippen LogP contribution in [0.1, 0.15) is 10.5 Å². The first-order valence-corrected chi connectivity index (χ1v) is 13.7. The van der Waals surface area contributed by atoms with Gasteiger partial charge in [-0.25, -0.2) is 8.42 Å². The van der Waals surface area contributed by atoms with Crippen LogP contribution in [0.3, 0.4) is 0 Å². The minimum Gasteiger partial charge on any atom is -0.496 e. The molecule has 4 aromatic rings. The number of nitrogens with one attached hydrogen (secondary N) is 1. The molecule has 9 nitrogen and oxygen atoms in total. The molecule has 0 aliphatic carbocycles. The number of aromatic nitrogens is 1. The van der Waals surface area contributed by atoms with Crippen molar-refractivity contribution in [1.29, 1.82) is 0 Å². The number of morpholine rings is 1. The maximum atomic E-state index is 13.7. The second kappa shape index (κ2) is 10.7. The quantitative estimate of drug-likeness (QED) is 0.338. The van der Waals surface area contributed by atoms with Crippen molar-refractivity contribution in [2.45, 2.75) is 11.0 Å².